The molecular weight excluding hydrogens is 576 g/mol. The topological polar surface area (TPSA) is 63.8 Å². The monoisotopic (exact) mass is 602 g/mol. The Kier molecular flexibility index (Phi) is 5.57. The highest BCUT2D eigenvalue weighted by Crippen LogP contribution is 2.38. The number of nitrogens with one attached hydrogen (secondary N) is 1. The fraction of sp³-hybridized carbons (Fsp3) is 0.0238. The standard InChI is InChI=1S/C42H26N4O/c1-2-8-28-22-29(14-12-25(28)6-1)40-44-41(46-42(45-40)34-10-5-11-38-39(34)36-24-43-21-20-37(36)47-38)30-15-13-27-17-18-32-31-9-4-3-7-26(31)16-19-33(32)35(27)23-30/h1-23,43H,24H2. The minimum Gasteiger partial charge on any atom is -0.456 e. The van der Waals surface area contributed by atoms with Crippen LogP contribution in [0.15, 0.2) is 138 Å². The molecule has 5 heteroatoms. The predicted molar refractivity (Wildman–Crippen MR) is 192 cm³/mol. The molecule has 0 aliphatic carbocycles. The van der Waals surface area contributed by atoms with Crippen molar-refractivity contribution in [1.29, 1.82) is 0 Å². The van der Waals surface area contributed by atoms with E-state index in [0.29, 0.717) is 24.0 Å². The Morgan fingerprint density at radius 1 is 0.511 bits per heavy atom. The van der Waals surface area contributed by atoms with Gasteiger partial charge in [0, 0.05) is 40.4 Å². The van der Waals surface area contributed by atoms with Crippen LogP contribution in [0.4, 0.5) is 0 Å². The smallest absolute Gasteiger partial charge is 0.164 e. The van der Waals surface area contributed by atoms with Crippen molar-refractivity contribution < 1.29 is 4.42 Å². The van der Waals surface area contributed by atoms with E-state index in [-0.39, 0.29) is 0 Å². The van der Waals surface area contributed by atoms with Gasteiger partial charge < -0.3 is 9.73 Å². The fourth-order valence-electron chi connectivity index (χ4n) is 7.06. The maximum atomic E-state index is 6.25. The van der Waals surface area contributed by atoms with Crippen molar-refractivity contribution in [3.63, 3.8) is 0 Å². The summed E-state index contributed by atoms with van der Waals surface area (Å²) in [4.78, 5) is 15.4. The highest BCUT2D eigenvalue weighted by molar-refractivity contribution is 6.17. The normalized spacial score (nSPS) is 12.7. The molecule has 0 unspecified atom stereocenters. The van der Waals surface area contributed by atoms with Crippen molar-refractivity contribution in [3.05, 3.63) is 145 Å². The van der Waals surface area contributed by atoms with E-state index < -0.39 is 0 Å². The summed E-state index contributed by atoms with van der Waals surface area (Å²) in [6.07, 6.45) is 3.90. The molecule has 10 rings (SSSR count). The van der Waals surface area contributed by atoms with Crippen molar-refractivity contribution in [2.24, 2.45) is 0 Å². The first-order chi connectivity index (χ1) is 23.3. The Bertz CT molecular complexity index is 2760. The zero-order chi connectivity index (χ0) is 30.9. The molecule has 1 N–H and O–H groups in total. The van der Waals surface area contributed by atoms with E-state index in [9.17, 15) is 0 Å². The second kappa shape index (κ2) is 10.1. The molecule has 9 aromatic rings. The predicted octanol–water partition coefficient (Wildman–Crippen LogP) is 10.3. The molecule has 7 aromatic carbocycles. The highest BCUT2D eigenvalue weighted by atomic mass is 16.3. The fourth-order valence-corrected chi connectivity index (χ4v) is 7.06. The molecular formula is C42H26N4O. The quantitative estimate of drug-likeness (QED) is 0.204. The molecule has 1 aliphatic rings. The average molecular weight is 603 g/mol. The van der Waals surface area contributed by atoms with Gasteiger partial charge in [0.2, 0.25) is 0 Å². The maximum absolute atomic E-state index is 6.25. The number of nitrogens with zero attached hydrogens (tertiary/aromatic N) is 3. The van der Waals surface area contributed by atoms with Crippen LogP contribution in [0.2, 0.25) is 0 Å². The lowest BCUT2D eigenvalue weighted by Crippen LogP contribution is -2.09. The van der Waals surface area contributed by atoms with E-state index in [0.717, 1.165) is 44.4 Å². The molecule has 1 aliphatic heterocycles. The number of fused-ring (bicyclic) bond motifs is 9. The Morgan fingerprint density at radius 3 is 2.02 bits per heavy atom. The maximum Gasteiger partial charge on any atom is 0.164 e. The van der Waals surface area contributed by atoms with Crippen LogP contribution in [-0.4, -0.2) is 15.0 Å². The van der Waals surface area contributed by atoms with E-state index in [1.54, 1.807) is 0 Å². The van der Waals surface area contributed by atoms with Crippen molar-refractivity contribution in [2.75, 3.05) is 0 Å². The molecule has 220 valence electrons. The summed E-state index contributed by atoms with van der Waals surface area (Å²) in [7, 11) is 0. The van der Waals surface area contributed by atoms with Crippen LogP contribution in [0.5, 0.6) is 0 Å². The Hall–Kier alpha value is -6.33. The van der Waals surface area contributed by atoms with Gasteiger partial charge in [-0.2, -0.15) is 0 Å². The van der Waals surface area contributed by atoms with E-state index >= 15 is 0 Å². The first kappa shape index (κ1) is 25.9. The molecule has 0 fully saturated rings. The van der Waals surface area contributed by atoms with Crippen LogP contribution < -0.4 is 5.32 Å². The van der Waals surface area contributed by atoms with Crippen molar-refractivity contribution in [3.8, 4) is 34.2 Å². The first-order valence-electron chi connectivity index (χ1n) is 15.8. The highest BCUT2D eigenvalue weighted by Gasteiger charge is 2.21. The summed E-state index contributed by atoms with van der Waals surface area (Å²) in [5, 5.41) is 14.0. The van der Waals surface area contributed by atoms with Gasteiger partial charge in [0.15, 0.2) is 17.5 Å². The van der Waals surface area contributed by atoms with E-state index in [4.69, 9.17) is 19.4 Å². The lowest BCUT2D eigenvalue weighted by Gasteiger charge is -2.12. The van der Waals surface area contributed by atoms with Crippen molar-refractivity contribution >= 4 is 60.1 Å². The summed E-state index contributed by atoms with van der Waals surface area (Å²) >= 11 is 0. The minimum atomic E-state index is 0.617. The van der Waals surface area contributed by atoms with Gasteiger partial charge >= 0.3 is 0 Å². The van der Waals surface area contributed by atoms with Crippen LogP contribution in [-0.2, 0) is 6.54 Å². The van der Waals surface area contributed by atoms with E-state index in [1.807, 2.05) is 24.4 Å². The van der Waals surface area contributed by atoms with E-state index in [2.05, 4.69) is 121 Å². The van der Waals surface area contributed by atoms with Gasteiger partial charge in [0.25, 0.3) is 0 Å². The van der Waals surface area contributed by atoms with Crippen molar-refractivity contribution in [1.82, 2.24) is 20.3 Å². The molecule has 47 heavy (non-hydrogen) atoms. The summed E-state index contributed by atoms with van der Waals surface area (Å²) in [5.74, 6) is 2.74. The molecule has 0 saturated carbocycles. The van der Waals surface area contributed by atoms with Gasteiger partial charge in [-0.3, -0.25) is 0 Å². The first-order valence-corrected chi connectivity index (χ1v) is 15.8. The Morgan fingerprint density at radius 2 is 1.17 bits per heavy atom. The van der Waals surface area contributed by atoms with Crippen LogP contribution >= 0.6 is 0 Å². The number of rotatable bonds is 3. The number of hydrogen-bond donors (Lipinski definition) is 1. The van der Waals surface area contributed by atoms with Crippen LogP contribution in [0.1, 0.15) is 11.3 Å². The van der Waals surface area contributed by atoms with Gasteiger partial charge in [-0.25, -0.2) is 15.0 Å². The minimum absolute atomic E-state index is 0.617. The number of benzene rings is 7. The zero-order valence-corrected chi connectivity index (χ0v) is 25.2. The average Bonchev–Trinajstić information content (AvgIpc) is 3.53. The Balaban J connectivity index is 1.23. The van der Waals surface area contributed by atoms with E-state index in [1.165, 1.54) is 37.7 Å². The third-order valence-electron chi connectivity index (χ3n) is 9.36. The summed E-state index contributed by atoms with van der Waals surface area (Å²) < 4.78 is 6.25. The number of furan rings is 1. The lowest BCUT2D eigenvalue weighted by molar-refractivity contribution is 0.592. The second-order valence-corrected chi connectivity index (χ2v) is 12.1. The molecule has 0 spiro atoms. The van der Waals surface area contributed by atoms with Crippen molar-refractivity contribution in [2.45, 2.75) is 6.54 Å². The molecule has 3 heterocycles. The third kappa shape index (κ3) is 4.14. The lowest BCUT2D eigenvalue weighted by atomic mass is 9.96. The number of aromatic nitrogens is 3. The van der Waals surface area contributed by atoms with Gasteiger partial charge in [0.1, 0.15) is 11.3 Å². The number of hydrogen-bond acceptors (Lipinski definition) is 5. The Labute approximate surface area is 269 Å². The van der Waals surface area contributed by atoms with Gasteiger partial charge in [0.05, 0.1) is 0 Å². The largest absolute Gasteiger partial charge is 0.456 e. The summed E-state index contributed by atoms with van der Waals surface area (Å²) in [5.41, 5.74) is 4.73. The van der Waals surface area contributed by atoms with Crippen LogP contribution in [0.25, 0.3) is 94.3 Å². The summed E-state index contributed by atoms with van der Waals surface area (Å²) in [6.45, 7) is 0.678. The van der Waals surface area contributed by atoms with Crippen LogP contribution in [0.3, 0.4) is 0 Å². The molecule has 5 nitrogen and oxygen atoms in total. The molecule has 2 aromatic heterocycles. The molecule has 0 amide bonds. The van der Waals surface area contributed by atoms with Gasteiger partial charge in [-0.1, -0.05) is 109 Å². The molecule has 0 atom stereocenters. The van der Waals surface area contributed by atoms with Gasteiger partial charge in [-0.15, -0.1) is 0 Å². The molecule has 0 radical (unpaired) electrons. The molecule has 0 saturated heterocycles. The summed E-state index contributed by atoms with van der Waals surface area (Å²) in [6, 6.07) is 44.8. The molecule has 0 bridgehead atoms. The zero-order valence-electron chi connectivity index (χ0n) is 25.2. The third-order valence-corrected chi connectivity index (χ3v) is 9.36. The second-order valence-electron chi connectivity index (χ2n) is 12.1. The van der Waals surface area contributed by atoms with Crippen LogP contribution in [0, 0.1) is 0 Å². The SMILES string of the molecule is C1=Cc2oc3cccc(-c4nc(-c5ccc6ccccc6c5)nc(-c5ccc6ccc7c8ccccc8ccc7c6c5)n4)c3c2CN1. The van der Waals surface area contributed by atoms with Gasteiger partial charge in [-0.05, 0) is 67.4 Å².